The van der Waals surface area contributed by atoms with Gasteiger partial charge in [-0.15, -0.1) is 0 Å². The van der Waals surface area contributed by atoms with Crippen LogP contribution in [-0.4, -0.2) is 65.4 Å². The summed E-state index contributed by atoms with van der Waals surface area (Å²) in [6.45, 7) is 3.39. The number of likely N-dealkylation sites (N-methyl/N-ethyl adjacent to an activating group) is 2. The summed E-state index contributed by atoms with van der Waals surface area (Å²) < 4.78 is 101. The number of hydrogen-bond acceptors (Lipinski definition) is 2. The Kier molecular flexibility index (Phi) is 8.77. The lowest BCUT2D eigenvalue weighted by atomic mass is 9.85. The number of alkyl halides is 7. The Morgan fingerprint density at radius 2 is 1.62 bits per heavy atom. The Morgan fingerprint density at radius 1 is 1.00 bits per heavy atom. The van der Waals surface area contributed by atoms with Crippen molar-refractivity contribution in [2.75, 3.05) is 46.9 Å². The van der Waals surface area contributed by atoms with Gasteiger partial charge in [0, 0.05) is 12.0 Å². The normalized spacial score (nSPS) is 30.7. The van der Waals surface area contributed by atoms with Crippen LogP contribution in [0.5, 0.6) is 0 Å². The number of likely N-dealkylation sites (tertiary alicyclic amines) is 1. The molecule has 2 aromatic carbocycles. The van der Waals surface area contributed by atoms with Crippen LogP contribution in [-0.2, 0) is 33.9 Å². The van der Waals surface area contributed by atoms with Crippen LogP contribution in [0.15, 0.2) is 36.4 Å². The van der Waals surface area contributed by atoms with Crippen LogP contribution in [0.25, 0.3) is 0 Å². The van der Waals surface area contributed by atoms with Gasteiger partial charge < -0.3 is 10.5 Å². The van der Waals surface area contributed by atoms with E-state index in [9.17, 15) is 35.5 Å². The second-order valence-electron chi connectivity index (χ2n) is 12.0. The number of piperidine rings is 1. The summed E-state index contributed by atoms with van der Waals surface area (Å²) in [7, 11) is 3.96. The van der Waals surface area contributed by atoms with Gasteiger partial charge in [-0.25, -0.2) is 4.39 Å². The maximum Gasteiger partial charge on any atom is 0.416 e. The standard InChI is InChI=1S/C29H34F7IN3O2/c1-19-14-23(30)6-7-24(19)26(25(38)41)18-40(3,12-13-42-26)27(37)9-4-5-10-39(27,2)11-8-20-15-21(28(31,32)33)17-22(16-20)29(34,35)36/h6-7,14-17H,4-5,8-13,18H2,1-3H3,(H-,38,41)/q+1/p+1/t26?,27?,39-,40?/m1/s1. The molecule has 2 aromatic rings. The third kappa shape index (κ3) is 5.90. The van der Waals surface area contributed by atoms with Crippen LogP contribution < -0.4 is 5.73 Å². The number of ether oxygens (including phenoxy) is 1. The molecule has 2 heterocycles. The van der Waals surface area contributed by atoms with Crippen molar-refractivity contribution in [3.05, 3.63) is 70.0 Å². The van der Waals surface area contributed by atoms with Gasteiger partial charge in [0.1, 0.15) is 18.9 Å². The van der Waals surface area contributed by atoms with E-state index in [0.29, 0.717) is 39.6 Å². The minimum absolute atomic E-state index is 0.0111. The van der Waals surface area contributed by atoms with E-state index in [-0.39, 0.29) is 37.7 Å². The van der Waals surface area contributed by atoms with Crippen LogP contribution >= 0.6 is 22.6 Å². The molecule has 0 spiro atoms. The highest BCUT2D eigenvalue weighted by Crippen LogP contribution is 2.50. The quantitative estimate of drug-likeness (QED) is 0.126. The minimum atomic E-state index is -4.92. The number of nitrogens with zero attached hydrogens (tertiary/aromatic N) is 2. The molecule has 0 aromatic heterocycles. The van der Waals surface area contributed by atoms with Gasteiger partial charge in [0.15, 0.2) is 0 Å². The number of benzene rings is 2. The highest BCUT2D eigenvalue weighted by Gasteiger charge is 2.65. The number of nitrogens with two attached hydrogens (primary N) is 1. The summed E-state index contributed by atoms with van der Waals surface area (Å²) in [6, 6.07) is 5.80. The van der Waals surface area contributed by atoms with Crippen LogP contribution in [0, 0.1) is 12.7 Å². The first-order valence-electron chi connectivity index (χ1n) is 13.6. The molecule has 2 saturated heterocycles. The number of quaternary nitrogens is 2. The molecule has 13 heteroatoms. The van der Waals surface area contributed by atoms with E-state index in [2.05, 4.69) is 22.6 Å². The summed E-state index contributed by atoms with van der Waals surface area (Å²) in [6.07, 6.45) is -7.49. The van der Waals surface area contributed by atoms with E-state index in [4.69, 9.17) is 10.5 Å². The van der Waals surface area contributed by atoms with Gasteiger partial charge in [0.25, 0.3) is 9.58 Å². The van der Waals surface area contributed by atoms with E-state index in [1.165, 1.54) is 18.2 Å². The van der Waals surface area contributed by atoms with Crippen molar-refractivity contribution in [3.8, 4) is 0 Å². The number of carbonyl (C=O) groups excluding carboxylic acids is 1. The number of carbonyl (C=O) groups is 1. The van der Waals surface area contributed by atoms with Crippen LogP contribution in [0.3, 0.4) is 0 Å². The summed E-state index contributed by atoms with van der Waals surface area (Å²) in [5.74, 6) is -1.18. The van der Waals surface area contributed by atoms with Crippen molar-refractivity contribution in [1.82, 2.24) is 0 Å². The third-order valence-electron chi connectivity index (χ3n) is 9.12. The molecule has 0 radical (unpaired) electrons. The third-order valence-corrected chi connectivity index (χ3v) is 12.0. The van der Waals surface area contributed by atoms with Gasteiger partial charge in [0.05, 0.1) is 73.9 Å². The Labute approximate surface area is 254 Å². The molecule has 0 saturated carbocycles. The maximum absolute atomic E-state index is 14.0. The molecule has 3 unspecified atom stereocenters. The van der Waals surface area contributed by atoms with Crippen molar-refractivity contribution < 1.29 is 49.2 Å². The fraction of sp³-hybridized carbons (Fsp3) is 0.552. The van der Waals surface area contributed by atoms with E-state index >= 15 is 0 Å². The molecule has 2 N–H and O–H groups in total. The number of amides is 1. The van der Waals surface area contributed by atoms with Crippen molar-refractivity contribution in [2.24, 2.45) is 5.73 Å². The average molecular weight is 718 g/mol. The van der Waals surface area contributed by atoms with Gasteiger partial charge in [-0.3, -0.25) is 13.8 Å². The zero-order chi connectivity index (χ0) is 31.4. The highest BCUT2D eigenvalue weighted by atomic mass is 127. The first kappa shape index (κ1) is 32.9. The van der Waals surface area contributed by atoms with Gasteiger partial charge in [0.2, 0.25) is 5.60 Å². The minimum Gasteiger partial charge on any atom is -0.367 e. The number of hydrogen-bond donors (Lipinski definition) is 1. The summed E-state index contributed by atoms with van der Waals surface area (Å²) >= 11 is 2.38. The summed E-state index contributed by atoms with van der Waals surface area (Å²) in [5.41, 5.74) is 2.70. The van der Waals surface area contributed by atoms with Crippen molar-refractivity contribution in [1.29, 1.82) is 0 Å². The molecule has 0 aliphatic carbocycles. The van der Waals surface area contributed by atoms with E-state index < -0.39 is 44.5 Å². The molecule has 2 fully saturated rings. The van der Waals surface area contributed by atoms with E-state index in [0.717, 1.165) is 25.0 Å². The molecule has 2 aliphatic heterocycles. The molecule has 0 bridgehead atoms. The number of aryl methyl sites for hydroxylation is 1. The molecule has 232 valence electrons. The lowest BCUT2D eigenvalue weighted by Gasteiger charge is -2.61. The van der Waals surface area contributed by atoms with Gasteiger partial charge >= 0.3 is 12.4 Å². The molecule has 42 heavy (non-hydrogen) atoms. The second kappa shape index (κ2) is 11.2. The Hall–Kier alpha value is -1.97. The lowest BCUT2D eigenvalue weighted by molar-refractivity contribution is -1.13. The Balaban J connectivity index is 1.72. The topological polar surface area (TPSA) is 52.3 Å². The SMILES string of the molecule is Cc1cc(F)ccc1C1(C(N)=O)C[N+](C)(C2(I)CCCC[N@+]2(C)CCc2cc(C(F)(F)F)cc(C(F)(F)F)c2)CCO1. The van der Waals surface area contributed by atoms with Gasteiger partial charge in [-0.2, -0.15) is 26.3 Å². The number of halogens is 8. The average Bonchev–Trinajstić information content (AvgIpc) is 2.88. The summed E-state index contributed by atoms with van der Waals surface area (Å²) in [5, 5.41) is 0. The molecular weight excluding hydrogens is 682 g/mol. The molecule has 4 rings (SSSR count). The first-order chi connectivity index (χ1) is 19.3. The number of primary amides is 1. The molecule has 1 amide bonds. The smallest absolute Gasteiger partial charge is 0.367 e. The largest absolute Gasteiger partial charge is 0.416 e. The van der Waals surface area contributed by atoms with Crippen molar-refractivity contribution >= 4 is 28.5 Å². The molecular formula is C29H35F7IN3O2+2. The zero-order valence-corrected chi connectivity index (χ0v) is 25.8. The first-order valence-corrected chi connectivity index (χ1v) is 14.7. The van der Waals surface area contributed by atoms with Gasteiger partial charge in [-0.05, 0) is 61.2 Å². The fourth-order valence-electron chi connectivity index (χ4n) is 6.78. The highest BCUT2D eigenvalue weighted by molar-refractivity contribution is 14.1. The lowest BCUT2D eigenvalue weighted by Crippen LogP contribution is -2.79. The van der Waals surface area contributed by atoms with Crippen LogP contribution in [0.2, 0.25) is 0 Å². The molecule has 4 atom stereocenters. The van der Waals surface area contributed by atoms with Crippen LogP contribution in [0.4, 0.5) is 30.7 Å². The van der Waals surface area contributed by atoms with Crippen molar-refractivity contribution in [3.63, 3.8) is 0 Å². The van der Waals surface area contributed by atoms with Crippen LogP contribution in [0.1, 0.15) is 47.1 Å². The van der Waals surface area contributed by atoms with E-state index in [1.807, 2.05) is 14.1 Å². The van der Waals surface area contributed by atoms with Gasteiger partial charge in [-0.1, -0.05) is 6.07 Å². The Morgan fingerprint density at radius 3 is 2.17 bits per heavy atom. The van der Waals surface area contributed by atoms with Crippen molar-refractivity contribution in [2.45, 2.75) is 54.2 Å². The molecule has 5 nitrogen and oxygen atoms in total. The predicted molar refractivity (Wildman–Crippen MR) is 151 cm³/mol. The second-order valence-corrected chi connectivity index (χ2v) is 13.7. The van der Waals surface area contributed by atoms with E-state index in [1.54, 1.807) is 6.92 Å². The zero-order valence-electron chi connectivity index (χ0n) is 23.6. The summed E-state index contributed by atoms with van der Waals surface area (Å²) in [4.78, 5) is 13.1. The Bertz CT molecular complexity index is 1320. The number of morpholine rings is 1. The monoisotopic (exact) mass is 717 g/mol. The molecule has 2 aliphatic rings. The maximum atomic E-state index is 14.0. The number of rotatable bonds is 6. The fourth-order valence-corrected chi connectivity index (χ4v) is 8.06. The predicted octanol–water partition coefficient (Wildman–Crippen LogP) is 6.29.